The number of benzene rings is 2. The van der Waals surface area contributed by atoms with Gasteiger partial charge in [-0.2, -0.15) is 0 Å². The molecule has 2 aromatic rings. The number of nitrogens with one attached hydrogen (secondary N) is 1. The van der Waals surface area contributed by atoms with Crippen molar-refractivity contribution in [1.29, 1.82) is 0 Å². The van der Waals surface area contributed by atoms with Gasteiger partial charge in [-0.1, -0.05) is 12.1 Å². The molecule has 0 aromatic heterocycles. The average molecular weight is 351 g/mol. The Labute approximate surface area is 132 Å². The lowest BCUT2D eigenvalue weighted by molar-refractivity contribution is 0.102. The number of carbonyl (C=O) groups excluding carboxylic acids is 1. The minimum absolute atomic E-state index is 0.165. The zero-order valence-electron chi connectivity index (χ0n) is 11.2. The van der Waals surface area contributed by atoms with E-state index in [1.54, 1.807) is 6.07 Å². The van der Waals surface area contributed by atoms with Crippen LogP contribution in [-0.2, 0) is 0 Å². The van der Waals surface area contributed by atoms with Crippen molar-refractivity contribution in [3.05, 3.63) is 52.5 Å². The second-order valence-electron chi connectivity index (χ2n) is 4.53. The number of amides is 1. The summed E-state index contributed by atoms with van der Waals surface area (Å²) in [5.41, 5.74) is 2.30. The molecule has 0 aliphatic heterocycles. The number of rotatable bonds is 3. The van der Waals surface area contributed by atoms with Crippen molar-refractivity contribution in [1.82, 2.24) is 0 Å². The van der Waals surface area contributed by atoms with Crippen molar-refractivity contribution in [3.8, 4) is 0 Å². The van der Waals surface area contributed by atoms with Gasteiger partial charge < -0.3 is 10.2 Å². The van der Waals surface area contributed by atoms with Crippen molar-refractivity contribution in [2.45, 2.75) is 4.90 Å². The Hall–Kier alpha value is -1.46. The summed E-state index contributed by atoms with van der Waals surface area (Å²) < 4.78 is 0.745. The van der Waals surface area contributed by atoms with Crippen molar-refractivity contribution in [3.63, 3.8) is 0 Å². The molecule has 0 unspecified atom stereocenters. The lowest BCUT2D eigenvalue weighted by Crippen LogP contribution is -2.17. The fourth-order valence-corrected chi connectivity index (χ4v) is 2.48. The largest absolute Gasteiger partial charge is 0.376 e. The van der Waals surface area contributed by atoms with E-state index in [4.69, 9.17) is 0 Å². The van der Waals surface area contributed by atoms with Gasteiger partial charge in [-0.3, -0.25) is 4.79 Å². The molecule has 0 bridgehead atoms. The number of nitrogens with zero attached hydrogens (tertiary/aromatic N) is 1. The van der Waals surface area contributed by atoms with E-state index in [-0.39, 0.29) is 5.91 Å². The fourth-order valence-electron chi connectivity index (χ4n) is 1.85. The average Bonchev–Trinajstić information content (AvgIpc) is 2.41. The summed E-state index contributed by atoms with van der Waals surface area (Å²) in [6.07, 6.45) is 0. The van der Waals surface area contributed by atoms with Gasteiger partial charge in [0.1, 0.15) is 0 Å². The van der Waals surface area contributed by atoms with E-state index in [2.05, 4.69) is 33.9 Å². The molecule has 2 rings (SSSR count). The third kappa shape index (κ3) is 3.35. The first kappa shape index (κ1) is 14.9. The smallest absolute Gasteiger partial charge is 0.256 e. The van der Waals surface area contributed by atoms with Gasteiger partial charge in [0.25, 0.3) is 5.91 Å². The topological polar surface area (TPSA) is 32.3 Å². The molecular formula is C15H15BrN2OS. The van der Waals surface area contributed by atoms with Crippen molar-refractivity contribution in [2.75, 3.05) is 24.3 Å². The second-order valence-corrected chi connectivity index (χ2v) is 5.90. The highest BCUT2D eigenvalue weighted by Gasteiger charge is 2.13. The molecule has 0 heterocycles. The van der Waals surface area contributed by atoms with Crippen LogP contribution in [0.1, 0.15) is 10.4 Å². The first-order chi connectivity index (χ1) is 9.49. The summed E-state index contributed by atoms with van der Waals surface area (Å²) in [7, 11) is 3.88. The lowest BCUT2D eigenvalue weighted by atomic mass is 10.2. The molecular weight excluding hydrogens is 336 g/mol. The molecule has 5 heteroatoms. The molecule has 104 valence electrons. The number of hydrogen-bond acceptors (Lipinski definition) is 3. The van der Waals surface area contributed by atoms with E-state index >= 15 is 0 Å². The SMILES string of the molecule is CN(C)c1ccccc1NC(=O)c1cc(S)ccc1Br. The van der Waals surface area contributed by atoms with Gasteiger partial charge in [0.15, 0.2) is 0 Å². The third-order valence-electron chi connectivity index (χ3n) is 2.83. The van der Waals surface area contributed by atoms with Gasteiger partial charge >= 0.3 is 0 Å². The molecule has 1 N–H and O–H groups in total. The minimum atomic E-state index is -0.165. The zero-order chi connectivity index (χ0) is 14.7. The van der Waals surface area contributed by atoms with E-state index < -0.39 is 0 Å². The Morgan fingerprint density at radius 3 is 2.60 bits per heavy atom. The first-order valence-electron chi connectivity index (χ1n) is 6.05. The van der Waals surface area contributed by atoms with E-state index in [0.29, 0.717) is 5.56 Å². The van der Waals surface area contributed by atoms with Crippen LogP contribution in [0.4, 0.5) is 11.4 Å². The number of halogens is 1. The van der Waals surface area contributed by atoms with Gasteiger partial charge in [-0.25, -0.2) is 0 Å². The normalized spacial score (nSPS) is 10.2. The highest BCUT2D eigenvalue weighted by molar-refractivity contribution is 9.10. The molecule has 0 aliphatic carbocycles. The Kier molecular flexibility index (Phi) is 4.73. The van der Waals surface area contributed by atoms with Gasteiger partial charge in [0.2, 0.25) is 0 Å². The summed E-state index contributed by atoms with van der Waals surface area (Å²) in [5.74, 6) is -0.165. The molecule has 0 atom stereocenters. The summed E-state index contributed by atoms with van der Waals surface area (Å²) >= 11 is 7.65. The van der Waals surface area contributed by atoms with E-state index in [1.807, 2.05) is 55.4 Å². The maximum absolute atomic E-state index is 12.4. The lowest BCUT2D eigenvalue weighted by Gasteiger charge is -2.18. The summed E-state index contributed by atoms with van der Waals surface area (Å²) in [5, 5.41) is 2.93. The molecule has 20 heavy (non-hydrogen) atoms. The van der Waals surface area contributed by atoms with E-state index in [9.17, 15) is 4.79 Å². The Balaban J connectivity index is 2.31. The molecule has 0 fully saturated rings. The van der Waals surface area contributed by atoms with Crippen LogP contribution in [0.3, 0.4) is 0 Å². The van der Waals surface area contributed by atoms with Crippen LogP contribution in [0.2, 0.25) is 0 Å². The monoisotopic (exact) mass is 350 g/mol. The van der Waals surface area contributed by atoms with Crippen LogP contribution in [0.25, 0.3) is 0 Å². The predicted molar refractivity (Wildman–Crippen MR) is 90.1 cm³/mol. The molecule has 0 aliphatic rings. The minimum Gasteiger partial charge on any atom is -0.376 e. The van der Waals surface area contributed by atoms with Gasteiger partial charge in [-0.05, 0) is 46.3 Å². The zero-order valence-corrected chi connectivity index (χ0v) is 13.7. The van der Waals surface area contributed by atoms with Crippen LogP contribution in [0.5, 0.6) is 0 Å². The summed E-state index contributed by atoms with van der Waals surface area (Å²) in [4.78, 5) is 15.1. The molecule has 0 saturated heterocycles. The number of hydrogen-bond donors (Lipinski definition) is 2. The number of anilines is 2. The predicted octanol–water partition coefficient (Wildman–Crippen LogP) is 4.06. The molecule has 1 amide bonds. The summed E-state index contributed by atoms with van der Waals surface area (Å²) in [6.45, 7) is 0. The Morgan fingerprint density at radius 1 is 1.20 bits per heavy atom. The number of para-hydroxylation sites is 2. The number of carbonyl (C=O) groups is 1. The highest BCUT2D eigenvalue weighted by Crippen LogP contribution is 2.26. The van der Waals surface area contributed by atoms with Gasteiger partial charge in [-0.15, -0.1) is 12.6 Å². The molecule has 0 radical (unpaired) electrons. The van der Waals surface area contributed by atoms with Gasteiger partial charge in [0, 0.05) is 23.5 Å². The van der Waals surface area contributed by atoms with E-state index in [1.165, 1.54) is 0 Å². The third-order valence-corrected chi connectivity index (χ3v) is 3.80. The quantitative estimate of drug-likeness (QED) is 0.818. The van der Waals surface area contributed by atoms with Gasteiger partial charge in [0.05, 0.1) is 16.9 Å². The Morgan fingerprint density at radius 2 is 1.90 bits per heavy atom. The molecule has 3 nitrogen and oxygen atoms in total. The van der Waals surface area contributed by atoms with Crippen LogP contribution in [-0.4, -0.2) is 20.0 Å². The fraction of sp³-hybridized carbons (Fsp3) is 0.133. The van der Waals surface area contributed by atoms with Crippen LogP contribution >= 0.6 is 28.6 Å². The van der Waals surface area contributed by atoms with Crippen LogP contribution in [0.15, 0.2) is 51.8 Å². The maximum atomic E-state index is 12.4. The second kappa shape index (κ2) is 6.33. The molecule has 0 spiro atoms. The first-order valence-corrected chi connectivity index (χ1v) is 7.29. The van der Waals surface area contributed by atoms with Crippen molar-refractivity contribution in [2.24, 2.45) is 0 Å². The highest BCUT2D eigenvalue weighted by atomic mass is 79.9. The van der Waals surface area contributed by atoms with Crippen LogP contribution in [0, 0.1) is 0 Å². The maximum Gasteiger partial charge on any atom is 0.256 e. The standard InChI is InChI=1S/C15H15BrN2OS/c1-18(2)14-6-4-3-5-13(14)17-15(19)11-9-10(20)7-8-12(11)16/h3-9,20H,1-2H3,(H,17,19). The van der Waals surface area contributed by atoms with E-state index in [0.717, 1.165) is 20.7 Å². The Bertz CT molecular complexity index is 644. The van der Waals surface area contributed by atoms with Crippen molar-refractivity contribution < 1.29 is 4.79 Å². The molecule has 0 saturated carbocycles. The number of thiol groups is 1. The van der Waals surface area contributed by atoms with Crippen molar-refractivity contribution >= 4 is 45.8 Å². The molecule has 2 aromatic carbocycles. The van der Waals surface area contributed by atoms with Crippen LogP contribution < -0.4 is 10.2 Å². The summed E-state index contributed by atoms with van der Waals surface area (Å²) in [6, 6.07) is 13.1.